The summed E-state index contributed by atoms with van der Waals surface area (Å²) in [5.74, 6) is 0.433. The number of hydrogen-bond acceptors (Lipinski definition) is 6. The van der Waals surface area contributed by atoms with Gasteiger partial charge in [0.05, 0.1) is 6.54 Å². The molecule has 9 heteroatoms. The minimum absolute atomic E-state index is 0.0695. The topological polar surface area (TPSA) is 134 Å². The third-order valence-corrected chi connectivity index (χ3v) is 3.87. The lowest BCUT2D eigenvalue weighted by Crippen LogP contribution is -2.32. The van der Waals surface area contributed by atoms with Crippen molar-refractivity contribution in [3.8, 4) is 11.4 Å². The maximum absolute atomic E-state index is 12.0. The maximum atomic E-state index is 12.0. The van der Waals surface area contributed by atoms with Crippen molar-refractivity contribution < 1.29 is 14.4 Å². The van der Waals surface area contributed by atoms with Crippen LogP contribution in [0.4, 0.5) is 5.69 Å². The van der Waals surface area contributed by atoms with Crippen LogP contribution < -0.4 is 11.1 Å². The average Bonchev–Trinajstić information content (AvgIpc) is 3.21. The van der Waals surface area contributed by atoms with Gasteiger partial charge in [0.1, 0.15) is 5.82 Å². The molecule has 1 aliphatic heterocycles. The first-order valence-electron chi connectivity index (χ1n) is 7.91. The van der Waals surface area contributed by atoms with E-state index in [0.29, 0.717) is 17.3 Å². The lowest BCUT2D eigenvalue weighted by atomic mass is 10.2. The Balaban J connectivity index is 1.55. The van der Waals surface area contributed by atoms with Crippen molar-refractivity contribution in [2.45, 2.75) is 25.8 Å². The molecule has 0 bridgehead atoms. The molecule has 0 spiro atoms. The Morgan fingerprint density at radius 2 is 1.88 bits per heavy atom. The van der Waals surface area contributed by atoms with Gasteiger partial charge in [0.25, 0.3) is 0 Å². The number of aromatic amines is 1. The highest BCUT2D eigenvalue weighted by Crippen LogP contribution is 2.18. The summed E-state index contributed by atoms with van der Waals surface area (Å²) in [6.45, 7) is 0.393. The fourth-order valence-electron chi connectivity index (χ4n) is 2.53. The Labute approximate surface area is 143 Å². The number of carbonyl (C=O) groups is 3. The molecule has 0 atom stereocenters. The minimum atomic E-state index is -0.261. The summed E-state index contributed by atoms with van der Waals surface area (Å²) < 4.78 is 0. The molecular formula is C16H18N6O3. The number of nitrogens with two attached hydrogens (primary N) is 1. The highest BCUT2D eigenvalue weighted by Gasteiger charge is 2.28. The number of hydrogen-bond donors (Lipinski definition) is 3. The van der Waals surface area contributed by atoms with E-state index in [0.717, 1.165) is 10.5 Å². The molecule has 1 fully saturated rings. The van der Waals surface area contributed by atoms with E-state index in [4.69, 9.17) is 5.73 Å². The number of aromatic nitrogens is 3. The number of likely N-dealkylation sites (tertiary alicyclic amines) is 1. The van der Waals surface area contributed by atoms with Crippen LogP contribution in [0.25, 0.3) is 11.4 Å². The molecule has 0 unspecified atom stereocenters. The first-order valence-corrected chi connectivity index (χ1v) is 7.91. The van der Waals surface area contributed by atoms with E-state index in [2.05, 4.69) is 20.5 Å². The van der Waals surface area contributed by atoms with Crippen molar-refractivity contribution in [3.05, 3.63) is 30.1 Å². The first-order chi connectivity index (χ1) is 12.1. The van der Waals surface area contributed by atoms with Gasteiger partial charge in [-0.15, -0.1) is 0 Å². The number of anilines is 1. The third-order valence-electron chi connectivity index (χ3n) is 3.87. The van der Waals surface area contributed by atoms with Crippen LogP contribution in [0.5, 0.6) is 0 Å². The predicted octanol–water partition coefficient (Wildman–Crippen LogP) is 0.408. The standard InChI is InChI=1S/C16H18N6O3/c17-9-12-19-16(21-20-12)10-1-3-11(4-2-10)18-13(23)7-8-22-14(24)5-6-15(22)25/h1-4H,5-9,17H2,(H,18,23)(H,19,20,21). The summed E-state index contributed by atoms with van der Waals surface area (Å²) in [6, 6.07) is 7.04. The molecule has 3 amide bonds. The summed E-state index contributed by atoms with van der Waals surface area (Å²) in [6.07, 6.45) is 0.532. The molecule has 0 saturated carbocycles. The third kappa shape index (κ3) is 3.89. The minimum Gasteiger partial charge on any atom is -0.326 e. The number of H-pyrrole nitrogens is 1. The van der Waals surface area contributed by atoms with Crippen LogP contribution in [-0.4, -0.2) is 44.3 Å². The normalized spacial score (nSPS) is 14.2. The monoisotopic (exact) mass is 342 g/mol. The van der Waals surface area contributed by atoms with Gasteiger partial charge in [0, 0.05) is 37.1 Å². The van der Waals surface area contributed by atoms with Crippen LogP contribution in [0.15, 0.2) is 24.3 Å². The number of imide groups is 1. The SMILES string of the molecule is NCc1nc(-c2ccc(NC(=O)CCN3C(=O)CCC3=O)cc2)n[nH]1. The van der Waals surface area contributed by atoms with Crippen LogP contribution in [0, 0.1) is 0 Å². The van der Waals surface area contributed by atoms with Gasteiger partial charge < -0.3 is 11.1 Å². The summed E-state index contributed by atoms with van der Waals surface area (Å²) in [5.41, 5.74) is 6.89. The molecule has 1 aliphatic rings. The van der Waals surface area contributed by atoms with Gasteiger partial charge in [-0.1, -0.05) is 0 Å². The Kier molecular flexibility index (Phi) is 4.85. The van der Waals surface area contributed by atoms with E-state index in [-0.39, 0.29) is 50.1 Å². The van der Waals surface area contributed by atoms with E-state index < -0.39 is 0 Å². The van der Waals surface area contributed by atoms with Crippen molar-refractivity contribution in [2.24, 2.45) is 5.73 Å². The van der Waals surface area contributed by atoms with Gasteiger partial charge in [-0.3, -0.25) is 24.4 Å². The number of nitrogens with zero attached hydrogens (tertiary/aromatic N) is 3. The molecule has 0 aliphatic carbocycles. The molecule has 1 aromatic carbocycles. The first kappa shape index (κ1) is 16.8. The molecule has 2 aromatic rings. The highest BCUT2D eigenvalue weighted by atomic mass is 16.2. The zero-order valence-corrected chi connectivity index (χ0v) is 13.5. The van der Waals surface area contributed by atoms with E-state index in [1.807, 2.05) is 0 Å². The fraction of sp³-hybridized carbons (Fsp3) is 0.312. The Morgan fingerprint density at radius 3 is 2.48 bits per heavy atom. The summed E-state index contributed by atoms with van der Waals surface area (Å²) in [5, 5.41) is 9.53. The van der Waals surface area contributed by atoms with E-state index in [9.17, 15) is 14.4 Å². The van der Waals surface area contributed by atoms with Gasteiger partial charge in [-0.05, 0) is 24.3 Å². The number of nitrogens with one attached hydrogen (secondary N) is 2. The van der Waals surface area contributed by atoms with E-state index in [1.54, 1.807) is 24.3 Å². The van der Waals surface area contributed by atoms with Crippen molar-refractivity contribution in [1.82, 2.24) is 20.1 Å². The molecule has 1 saturated heterocycles. The van der Waals surface area contributed by atoms with Gasteiger partial charge in [-0.25, -0.2) is 4.98 Å². The smallest absolute Gasteiger partial charge is 0.229 e. The Morgan fingerprint density at radius 1 is 1.20 bits per heavy atom. The fourth-order valence-corrected chi connectivity index (χ4v) is 2.53. The van der Waals surface area contributed by atoms with E-state index >= 15 is 0 Å². The van der Waals surface area contributed by atoms with Crippen LogP contribution in [-0.2, 0) is 20.9 Å². The van der Waals surface area contributed by atoms with Crippen molar-refractivity contribution >= 4 is 23.4 Å². The lowest BCUT2D eigenvalue weighted by molar-refractivity contribution is -0.138. The molecule has 1 aromatic heterocycles. The number of benzene rings is 1. The lowest BCUT2D eigenvalue weighted by Gasteiger charge is -2.13. The number of carbonyl (C=O) groups excluding carboxylic acids is 3. The van der Waals surface area contributed by atoms with Gasteiger partial charge in [0.15, 0.2) is 5.82 Å². The molecule has 3 rings (SSSR count). The van der Waals surface area contributed by atoms with Crippen LogP contribution in [0.3, 0.4) is 0 Å². The Bertz CT molecular complexity index is 782. The van der Waals surface area contributed by atoms with Gasteiger partial charge in [0.2, 0.25) is 17.7 Å². The molecule has 25 heavy (non-hydrogen) atoms. The Hall–Kier alpha value is -3.07. The van der Waals surface area contributed by atoms with Crippen LogP contribution in [0.2, 0.25) is 0 Å². The molecule has 130 valence electrons. The predicted molar refractivity (Wildman–Crippen MR) is 88.9 cm³/mol. The summed E-state index contributed by atoms with van der Waals surface area (Å²) in [7, 11) is 0. The zero-order valence-electron chi connectivity index (χ0n) is 13.5. The maximum Gasteiger partial charge on any atom is 0.229 e. The average molecular weight is 342 g/mol. The molecule has 9 nitrogen and oxygen atoms in total. The van der Waals surface area contributed by atoms with E-state index in [1.165, 1.54) is 0 Å². The van der Waals surface area contributed by atoms with Gasteiger partial charge >= 0.3 is 0 Å². The largest absolute Gasteiger partial charge is 0.326 e. The van der Waals surface area contributed by atoms with Crippen molar-refractivity contribution in [2.75, 3.05) is 11.9 Å². The van der Waals surface area contributed by atoms with Gasteiger partial charge in [-0.2, -0.15) is 5.10 Å². The summed E-state index contributed by atoms with van der Waals surface area (Å²) in [4.78, 5) is 40.3. The second-order valence-corrected chi connectivity index (χ2v) is 5.62. The quantitative estimate of drug-likeness (QED) is 0.651. The van der Waals surface area contributed by atoms with Crippen molar-refractivity contribution in [3.63, 3.8) is 0 Å². The molecule has 4 N–H and O–H groups in total. The zero-order chi connectivity index (χ0) is 17.8. The molecule has 0 radical (unpaired) electrons. The highest BCUT2D eigenvalue weighted by molar-refractivity contribution is 6.02. The number of rotatable bonds is 6. The number of amides is 3. The van der Waals surface area contributed by atoms with Crippen LogP contribution in [0.1, 0.15) is 25.1 Å². The second-order valence-electron chi connectivity index (χ2n) is 5.62. The molecular weight excluding hydrogens is 324 g/mol. The molecule has 2 heterocycles. The van der Waals surface area contributed by atoms with Crippen LogP contribution >= 0.6 is 0 Å². The summed E-state index contributed by atoms with van der Waals surface area (Å²) >= 11 is 0. The second kappa shape index (κ2) is 7.22. The van der Waals surface area contributed by atoms with Crippen molar-refractivity contribution in [1.29, 1.82) is 0 Å².